The average Bonchev–Trinajstić information content (AvgIpc) is 2.90. The molecule has 3 rings (SSSR count). The van der Waals surface area contributed by atoms with Crippen molar-refractivity contribution in [1.82, 2.24) is 0 Å². The van der Waals surface area contributed by atoms with E-state index in [1.807, 2.05) is 55.5 Å². The van der Waals surface area contributed by atoms with Gasteiger partial charge in [-0.1, -0.05) is 34.1 Å². The van der Waals surface area contributed by atoms with Crippen LogP contribution < -0.4 is 10.2 Å². The van der Waals surface area contributed by atoms with Crippen molar-refractivity contribution in [2.45, 2.75) is 13.3 Å². The number of nitrogens with one attached hydrogen (secondary N) is 1. The van der Waals surface area contributed by atoms with Crippen molar-refractivity contribution in [3.05, 3.63) is 58.6 Å². The highest BCUT2D eigenvalue weighted by molar-refractivity contribution is 9.10. The number of aryl methyl sites for hydroxylation is 1. The number of hydrogen-bond donors (Lipinski definition) is 1. The lowest BCUT2D eigenvalue weighted by atomic mass is 10.1. The molecule has 1 N–H and O–H groups in total. The van der Waals surface area contributed by atoms with Crippen molar-refractivity contribution in [1.29, 1.82) is 0 Å². The third-order valence-corrected chi connectivity index (χ3v) is 4.48. The van der Waals surface area contributed by atoms with E-state index in [1.54, 1.807) is 4.90 Å². The maximum absolute atomic E-state index is 12.4. The first kappa shape index (κ1) is 15.7. The predicted molar refractivity (Wildman–Crippen MR) is 94.4 cm³/mol. The van der Waals surface area contributed by atoms with Crippen LogP contribution in [0.4, 0.5) is 11.4 Å². The molecule has 0 saturated carbocycles. The number of amides is 2. The van der Waals surface area contributed by atoms with E-state index in [1.165, 1.54) is 0 Å². The van der Waals surface area contributed by atoms with Crippen molar-refractivity contribution in [3.63, 3.8) is 0 Å². The van der Waals surface area contributed by atoms with Crippen LogP contribution in [-0.4, -0.2) is 18.4 Å². The van der Waals surface area contributed by atoms with Gasteiger partial charge < -0.3 is 10.2 Å². The third kappa shape index (κ3) is 3.45. The van der Waals surface area contributed by atoms with E-state index in [0.29, 0.717) is 6.54 Å². The lowest BCUT2D eigenvalue weighted by molar-refractivity contribution is -0.122. The van der Waals surface area contributed by atoms with E-state index < -0.39 is 0 Å². The summed E-state index contributed by atoms with van der Waals surface area (Å²) >= 11 is 3.42. The van der Waals surface area contributed by atoms with Gasteiger partial charge >= 0.3 is 0 Å². The number of anilines is 2. The summed E-state index contributed by atoms with van der Waals surface area (Å²) in [6.07, 6.45) is 0.244. The smallest absolute Gasteiger partial charge is 0.229 e. The number of para-hydroxylation sites is 1. The molecular weight excluding hydrogens is 356 g/mol. The lowest BCUT2D eigenvalue weighted by Crippen LogP contribution is -2.28. The molecule has 0 aromatic heterocycles. The molecule has 1 unspecified atom stereocenters. The molecular formula is C18H17BrN2O2. The molecule has 1 heterocycles. The van der Waals surface area contributed by atoms with Crippen LogP contribution in [0.25, 0.3) is 0 Å². The highest BCUT2D eigenvalue weighted by Gasteiger charge is 2.35. The molecule has 2 aromatic rings. The molecule has 1 atom stereocenters. The Morgan fingerprint density at radius 1 is 1.22 bits per heavy atom. The lowest BCUT2D eigenvalue weighted by Gasteiger charge is -2.19. The van der Waals surface area contributed by atoms with Gasteiger partial charge in [0.15, 0.2) is 0 Å². The molecule has 0 spiro atoms. The van der Waals surface area contributed by atoms with Gasteiger partial charge in [0, 0.05) is 28.8 Å². The Balaban J connectivity index is 1.73. The summed E-state index contributed by atoms with van der Waals surface area (Å²) in [6, 6.07) is 15.1. The van der Waals surface area contributed by atoms with Gasteiger partial charge in [0.25, 0.3) is 0 Å². The van der Waals surface area contributed by atoms with Crippen LogP contribution in [0.5, 0.6) is 0 Å². The van der Waals surface area contributed by atoms with Gasteiger partial charge in [-0.15, -0.1) is 0 Å². The first-order chi connectivity index (χ1) is 11.0. The van der Waals surface area contributed by atoms with E-state index in [2.05, 4.69) is 21.2 Å². The van der Waals surface area contributed by atoms with E-state index in [9.17, 15) is 9.59 Å². The Kier molecular flexibility index (Phi) is 4.48. The molecule has 2 amide bonds. The molecule has 0 radical (unpaired) electrons. The first-order valence-electron chi connectivity index (χ1n) is 7.47. The van der Waals surface area contributed by atoms with Crippen LogP contribution in [0.3, 0.4) is 0 Å². The molecule has 118 valence electrons. The van der Waals surface area contributed by atoms with Crippen molar-refractivity contribution >= 4 is 39.1 Å². The molecule has 1 saturated heterocycles. The predicted octanol–water partition coefficient (Wildman–Crippen LogP) is 3.75. The molecule has 0 aliphatic carbocycles. The molecule has 1 aliphatic rings. The minimum atomic E-state index is -0.328. The second-order valence-corrected chi connectivity index (χ2v) is 6.61. The van der Waals surface area contributed by atoms with Crippen LogP contribution in [0.15, 0.2) is 53.0 Å². The quantitative estimate of drug-likeness (QED) is 0.891. The number of carbonyl (C=O) groups is 2. The summed E-state index contributed by atoms with van der Waals surface area (Å²) < 4.78 is 0.976. The van der Waals surface area contributed by atoms with Crippen molar-refractivity contribution < 1.29 is 9.59 Å². The topological polar surface area (TPSA) is 49.4 Å². The maximum atomic E-state index is 12.4. The Hall–Kier alpha value is -2.14. The van der Waals surface area contributed by atoms with Crippen molar-refractivity contribution in [3.8, 4) is 0 Å². The van der Waals surface area contributed by atoms with E-state index in [0.717, 1.165) is 21.4 Å². The summed E-state index contributed by atoms with van der Waals surface area (Å²) in [5.74, 6) is -0.448. The van der Waals surface area contributed by atoms with Gasteiger partial charge in [0.1, 0.15) is 0 Å². The fourth-order valence-corrected chi connectivity index (χ4v) is 3.28. The SMILES string of the molecule is Cc1cc(Br)ccc1N1CC(C(=O)Nc2ccccc2)CC1=O. The van der Waals surface area contributed by atoms with Crippen LogP contribution in [-0.2, 0) is 9.59 Å². The summed E-state index contributed by atoms with van der Waals surface area (Å²) in [5, 5.41) is 2.87. The van der Waals surface area contributed by atoms with Gasteiger partial charge in [-0.3, -0.25) is 9.59 Å². The largest absolute Gasteiger partial charge is 0.326 e. The first-order valence-corrected chi connectivity index (χ1v) is 8.26. The molecule has 23 heavy (non-hydrogen) atoms. The summed E-state index contributed by atoms with van der Waals surface area (Å²) in [6.45, 7) is 2.38. The Morgan fingerprint density at radius 3 is 2.65 bits per heavy atom. The molecule has 1 fully saturated rings. The second kappa shape index (κ2) is 6.54. The van der Waals surface area contributed by atoms with Crippen LogP contribution in [0.2, 0.25) is 0 Å². The number of nitrogens with zero attached hydrogens (tertiary/aromatic N) is 1. The van der Waals surface area contributed by atoms with Crippen molar-refractivity contribution in [2.24, 2.45) is 5.92 Å². The molecule has 4 nitrogen and oxygen atoms in total. The van der Waals surface area contributed by atoms with E-state index >= 15 is 0 Å². The minimum Gasteiger partial charge on any atom is -0.326 e. The van der Waals surface area contributed by atoms with Gasteiger partial charge in [0.2, 0.25) is 11.8 Å². The van der Waals surface area contributed by atoms with Gasteiger partial charge in [0.05, 0.1) is 5.92 Å². The monoisotopic (exact) mass is 372 g/mol. The Bertz CT molecular complexity index is 746. The third-order valence-electron chi connectivity index (χ3n) is 3.99. The summed E-state index contributed by atoms with van der Waals surface area (Å²) in [4.78, 5) is 26.4. The number of carbonyl (C=O) groups excluding carboxylic acids is 2. The highest BCUT2D eigenvalue weighted by atomic mass is 79.9. The molecule has 5 heteroatoms. The maximum Gasteiger partial charge on any atom is 0.229 e. The van der Waals surface area contributed by atoms with Crippen molar-refractivity contribution in [2.75, 3.05) is 16.8 Å². The zero-order valence-corrected chi connectivity index (χ0v) is 14.3. The fraction of sp³-hybridized carbons (Fsp3) is 0.222. The van der Waals surface area contributed by atoms with Gasteiger partial charge in [-0.2, -0.15) is 0 Å². The standard InChI is InChI=1S/C18H17BrN2O2/c1-12-9-14(19)7-8-16(12)21-11-13(10-17(21)22)18(23)20-15-5-3-2-4-6-15/h2-9,13H,10-11H2,1H3,(H,20,23). The summed E-state index contributed by atoms with van der Waals surface area (Å²) in [7, 11) is 0. The van der Waals surface area contributed by atoms with E-state index in [4.69, 9.17) is 0 Å². The van der Waals surface area contributed by atoms with E-state index in [-0.39, 0.29) is 24.2 Å². The van der Waals surface area contributed by atoms with Gasteiger partial charge in [-0.05, 0) is 42.8 Å². The van der Waals surface area contributed by atoms with Crippen LogP contribution in [0.1, 0.15) is 12.0 Å². The number of rotatable bonds is 3. The number of benzene rings is 2. The average molecular weight is 373 g/mol. The number of hydrogen-bond acceptors (Lipinski definition) is 2. The zero-order valence-electron chi connectivity index (χ0n) is 12.8. The highest BCUT2D eigenvalue weighted by Crippen LogP contribution is 2.30. The molecule has 2 aromatic carbocycles. The normalized spacial score (nSPS) is 17.4. The second-order valence-electron chi connectivity index (χ2n) is 5.69. The van der Waals surface area contributed by atoms with Crippen LogP contribution >= 0.6 is 15.9 Å². The number of halogens is 1. The minimum absolute atomic E-state index is 0.0105. The summed E-state index contributed by atoms with van der Waals surface area (Å²) in [5.41, 5.74) is 2.63. The molecule has 0 bridgehead atoms. The van der Waals surface area contributed by atoms with Crippen LogP contribution in [0, 0.1) is 12.8 Å². The van der Waals surface area contributed by atoms with Gasteiger partial charge in [-0.25, -0.2) is 0 Å². The Morgan fingerprint density at radius 2 is 1.96 bits per heavy atom. The zero-order chi connectivity index (χ0) is 16.4. The fourth-order valence-electron chi connectivity index (χ4n) is 2.80. The Labute approximate surface area is 143 Å². The molecule has 1 aliphatic heterocycles.